The fraction of sp³-hybridized carbons (Fsp3) is 0.500. The molecule has 1 aliphatic carbocycles. The second-order valence-corrected chi connectivity index (χ2v) is 8.73. The summed E-state index contributed by atoms with van der Waals surface area (Å²) in [5, 5.41) is 18.4. The van der Waals surface area contributed by atoms with Gasteiger partial charge in [-0.15, -0.1) is 11.3 Å². The van der Waals surface area contributed by atoms with Crippen molar-refractivity contribution in [3.63, 3.8) is 0 Å². The highest BCUT2D eigenvalue weighted by atomic mass is 32.1. The lowest BCUT2D eigenvalue weighted by atomic mass is 9.77. The monoisotopic (exact) mass is 403 g/mol. The van der Waals surface area contributed by atoms with E-state index >= 15 is 0 Å². The molecule has 0 bridgehead atoms. The molecular formula is C20H25N3O4S. The Morgan fingerprint density at radius 3 is 2.79 bits per heavy atom. The minimum Gasteiger partial charge on any atom is -0.472 e. The maximum absolute atomic E-state index is 12.2. The number of aliphatic hydroxyl groups is 1. The third-order valence-corrected chi connectivity index (χ3v) is 6.60. The molecule has 4 rings (SSSR count). The first-order valence-corrected chi connectivity index (χ1v) is 10.5. The number of likely N-dealkylation sites (tertiary alicyclic amines) is 1. The van der Waals surface area contributed by atoms with Gasteiger partial charge >= 0.3 is 0 Å². The zero-order chi connectivity index (χ0) is 19.5. The third kappa shape index (κ3) is 4.45. The average Bonchev–Trinajstić information content (AvgIpc) is 3.42. The van der Waals surface area contributed by atoms with Gasteiger partial charge in [0.1, 0.15) is 6.26 Å². The Bertz CT molecular complexity index is 792. The Morgan fingerprint density at radius 2 is 2.07 bits per heavy atom. The van der Waals surface area contributed by atoms with Crippen molar-refractivity contribution in [3.05, 3.63) is 46.5 Å². The first-order chi connectivity index (χ1) is 13.6. The molecule has 0 spiro atoms. The van der Waals surface area contributed by atoms with Gasteiger partial charge in [-0.25, -0.2) is 0 Å². The standard InChI is InChI=1S/C20H25N3O4S/c24-18-7-15-10-23(11-19(25)21-8-16-2-1-5-28-16)9-14(15)6-17(18)22-20(26)13-3-4-27-12-13/h1-5,12,14-15,17-18,24H,6-11H2,(H,21,25)(H,22,26)/t14-,15+,17-,18-/m0/s1. The van der Waals surface area contributed by atoms with E-state index in [1.807, 2.05) is 17.5 Å². The van der Waals surface area contributed by atoms with E-state index in [-0.39, 0.29) is 17.9 Å². The number of nitrogens with zero attached hydrogens (tertiary/aromatic N) is 1. The van der Waals surface area contributed by atoms with Gasteiger partial charge in [-0.2, -0.15) is 0 Å². The molecule has 28 heavy (non-hydrogen) atoms. The van der Waals surface area contributed by atoms with Gasteiger partial charge in [-0.3, -0.25) is 14.5 Å². The van der Waals surface area contributed by atoms with Crippen molar-refractivity contribution in [3.8, 4) is 0 Å². The van der Waals surface area contributed by atoms with Crippen LogP contribution in [0.1, 0.15) is 28.1 Å². The van der Waals surface area contributed by atoms with E-state index in [1.54, 1.807) is 17.4 Å². The van der Waals surface area contributed by atoms with Gasteiger partial charge in [-0.1, -0.05) is 6.07 Å². The Labute approximate surface area is 167 Å². The molecule has 1 saturated heterocycles. The van der Waals surface area contributed by atoms with Crippen LogP contribution in [0.4, 0.5) is 0 Å². The number of amides is 2. The van der Waals surface area contributed by atoms with Crippen LogP contribution < -0.4 is 10.6 Å². The summed E-state index contributed by atoms with van der Waals surface area (Å²) in [5.41, 5.74) is 0.463. The molecule has 2 aliphatic rings. The number of furan rings is 1. The summed E-state index contributed by atoms with van der Waals surface area (Å²) in [6, 6.07) is 5.33. The molecule has 3 N–H and O–H groups in total. The maximum atomic E-state index is 12.2. The average molecular weight is 404 g/mol. The second kappa shape index (κ2) is 8.46. The minimum atomic E-state index is -0.565. The quantitative estimate of drug-likeness (QED) is 0.679. The number of thiophene rings is 1. The molecule has 2 aromatic heterocycles. The summed E-state index contributed by atoms with van der Waals surface area (Å²) in [6.45, 7) is 2.58. The number of hydrogen-bond donors (Lipinski definition) is 3. The van der Waals surface area contributed by atoms with E-state index < -0.39 is 6.10 Å². The van der Waals surface area contributed by atoms with Crippen molar-refractivity contribution in [2.75, 3.05) is 19.6 Å². The number of rotatable bonds is 6. The molecule has 1 saturated carbocycles. The van der Waals surface area contributed by atoms with Crippen LogP contribution in [-0.2, 0) is 11.3 Å². The molecule has 0 radical (unpaired) electrons. The first-order valence-electron chi connectivity index (χ1n) is 9.61. The fourth-order valence-corrected chi connectivity index (χ4v) is 4.96. The lowest BCUT2D eigenvalue weighted by Crippen LogP contribution is -2.49. The van der Waals surface area contributed by atoms with Crippen LogP contribution in [0.5, 0.6) is 0 Å². The van der Waals surface area contributed by atoms with Gasteiger partial charge in [0, 0.05) is 18.0 Å². The molecule has 4 atom stereocenters. The van der Waals surface area contributed by atoms with Gasteiger partial charge in [-0.05, 0) is 42.2 Å². The van der Waals surface area contributed by atoms with Crippen LogP contribution >= 0.6 is 11.3 Å². The van der Waals surface area contributed by atoms with Crippen LogP contribution in [0.3, 0.4) is 0 Å². The molecule has 8 heteroatoms. The maximum Gasteiger partial charge on any atom is 0.254 e. The summed E-state index contributed by atoms with van der Waals surface area (Å²) in [6.07, 6.45) is 3.67. The topological polar surface area (TPSA) is 94.8 Å². The van der Waals surface area contributed by atoms with Crippen molar-refractivity contribution in [2.24, 2.45) is 11.8 Å². The number of hydrogen-bond acceptors (Lipinski definition) is 6. The molecule has 7 nitrogen and oxygen atoms in total. The minimum absolute atomic E-state index is 0.0254. The zero-order valence-corrected chi connectivity index (χ0v) is 16.4. The van der Waals surface area contributed by atoms with Crippen LogP contribution in [0.25, 0.3) is 0 Å². The molecular weight excluding hydrogens is 378 g/mol. The highest BCUT2D eigenvalue weighted by molar-refractivity contribution is 7.09. The van der Waals surface area contributed by atoms with Crippen LogP contribution in [0.15, 0.2) is 40.5 Å². The Balaban J connectivity index is 1.26. The highest BCUT2D eigenvalue weighted by Crippen LogP contribution is 2.36. The Kier molecular flexibility index (Phi) is 5.79. The molecule has 2 amide bonds. The summed E-state index contributed by atoms with van der Waals surface area (Å²) in [5.74, 6) is 0.543. The largest absolute Gasteiger partial charge is 0.472 e. The van der Waals surface area contributed by atoms with Crippen molar-refractivity contribution < 1.29 is 19.1 Å². The van der Waals surface area contributed by atoms with Gasteiger partial charge in [0.25, 0.3) is 5.91 Å². The second-order valence-electron chi connectivity index (χ2n) is 7.70. The molecule has 2 aromatic rings. The summed E-state index contributed by atoms with van der Waals surface area (Å²) in [4.78, 5) is 27.8. The van der Waals surface area contributed by atoms with E-state index in [2.05, 4.69) is 15.5 Å². The number of carbonyl (C=O) groups is 2. The van der Waals surface area contributed by atoms with E-state index in [1.165, 1.54) is 12.5 Å². The van der Waals surface area contributed by atoms with Crippen LogP contribution in [-0.4, -0.2) is 53.6 Å². The van der Waals surface area contributed by atoms with Gasteiger partial charge in [0.15, 0.2) is 0 Å². The number of nitrogens with one attached hydrogen (secondary N) is 2. The van der Waals surface area contributed by atoms with Crippen molar-refractivity contribution >= 4 is 23.2 Å². The molecule has 3 heterocycles. The highest BCUT2D eigenvalue weighted by Gasteiger charge is 2.42. The predicted molar refractivity (Wildman–Crippen MR) is 105 cm³/mol. The molecule has 0 unspecified atom stereocenters. The normalized spacial score (nSPS) is 27.3. The lowest BCUT2D eigenvalue weighted by molar-refractivity contribution is -0.122. The first kappa shape index (κ1) is 19.2. The van der Waals surface area contributed by atoms with Crippen molar-refractivity contribution in [1.82, 2.24) is 15.5 Å². The predicted octanol–water partition coefficient (Wildman–Crippen LogP) is 1.46. The number of carbonyl (C=O) groups excluding carboxylic acids is 2. The van der Waals surface area contributed by atoms with Crippen LogP contribution in [0, 0.1) is 11.8 Å². The van der Waals surface area contributed by atoms with Gasteiger partial charge in [0.05, 0.1) is 37.1 Å². The van der Waals surface area contributed by atoms with Crippen molar-refractivity contribution in [2.45, 2.75) is 31.5 Å². The van der Waals surface area contributed by atoms with E-state index in [0.717, 1.165) is 24.4 Å². The van der Waals surface area contributed by atoms with E-state index in [0.29, 0.717) is 36.9 Å². The Morgan fingerprint density at radius 1 is 1.25 bits per heavy atom. The van der Waals surface area contributed by atoms with E-state index in [4.69, 9.17) is 4.42 Å². The summed E-state index contributed by atoms with van der Waals surface area (Å²) >= 11 is 1.63. The van der Waals surface area contributed by atoms with Gasteiger partial charge in [0.2, 0.25) is 5.91 Å². The Hall–Kier alpha value is -2.16. The molecule has 1 aliphatic heterocycles. The summed E-state index contributed by atoms with van der Waals surface area (Å²) in [7, 11) is 0. The number of fused-ring (bicyclic) bond motifs is 1. The van der Waals surface area contributed by atoms with Crippen molar-refractivity contribution in [1.29, 1.82) is 0 Å². The lowest BCUT2D eigenvalue weighted by Gasteiger charge is -2.35. The molecule has 150 valence electrons. The fourth-order valence-electron chi connectivity index (χ4n) is 4.32. The smallest absolute Gasteiger partial charge is 0.254 e. The SMILES string of the molecule is O=C(CN1C[C@H]2C[C@H](O)[C@@H](NC(=O)c3ccoc3)C[C@H]2C1)NCc1cccs1. The molecule has 2 fully saturated rings. The van der Waals surface area contributed by atoms with E-state index in [9.17, 15) is 14.7 Å². The summed E-state index contributed by atoms with van der Waals surface area (Å²) < 4.78 is 4.95. The van der Waals surface area contributed by atoms with Crippen LogP contribution in [0.2, 0.25) is 0 Å². The zero-order valence-electron chi connectivity index (χ0n) is 15.5. The number of aliphatic hydroxyl groups excluding tert-OH is 1. The van der Waals surface area contributed by atoms with Gasteiger partial charge < -0.3 is 20.2 Å². The molecule has 0 aromatic carbocycles. The third-order valence-electron chi connectivity index (χ3n) is 5.72.